The molecule has 2 aliphatic heterocycles. The van der Waals surface area contributed by atoms with Crippen molar-refractivity contribution in [2.75, 3.05) is 67.5 Å². The fraction of sp³-hybridized carbons (Fsp3) is 0.552. The van der Waals surface area contributed by atoms with E-state index >= 15 is 0 Å². The van der Waals surface area contributed by atoms with Crippen LogP contribution in [-0.2, 0) is 9.47 Å². The zero-order valence-electron chi connectivity index (χ0n) is 24.4. The summed E-state index contributed by atoms with van der Waals surface area (Å²) >= 11 is 1.45. The Morgan fingerprint density at radius 3 is 1.62 bits per heavy atom. The van der Waals surface area contributed by atoms with Gasteiger partial charge in [-0.15, -0.1) is 11.3 Å². The minimum Gasteiger partial charge on any atom is -0.444 e. The van der Waals surface area contributed by atoms with Crippen LogP contribution in [0.1, 0.15) is 51.2 Å². The number of hydrogen-bond acceptors (Lipinski definition) is 8. The van der Waals surface area contributed by atoms with Gasteiger partial charge in [0.15, 0.2) is 0 Å². The number of carbonyl (C=O) groups is 3. The van der Waals surface area contributed by atoms with E-state index in [1.165, 1.54) is 11.3 Å². The van der Waals surface area contributed by atoms with E-state index < -0.39 is 11.2 Å². The lowest BCUT2D eigenvalue weighted by Gasteiger charge is -2.36. The first kappa shape index (κ1) is 29.5. The summed E-state index contributed by atoms with van der Waals surface area (Å²) in [6.45, 7) is 16.4. The van der Waals surface area contributed by atoms with E-state index in [4.69, 9.17) is 9.47 Å². The smallest absolute Gasteiger partial charge is 0.410 e. The highest BCUT2D eigenvalue weighted by molar-refractivity contribution is 7.18. The summed E-state index contributed by atoms with van der Waals surface area (Å²) in [4.78, 5) is 46.1. The van der Waals surface area contributed by atoms with Crippen LogP contribution in [0.2, 0.25) is 0 Å². The van der Waals surface area contributed by atoms with E-state index in [0.717, 1.165) is 29.5 Å². The zero-order valence-corrected chi connectivity index (χ0v) is 25.2. The molecule has 0 bridgehead atoms. The molecule has 40 heavy (non-hydrogen) atoms. The van der Waals surface area contributed by atoms with Gasteiger partial charge in [0, 0.05) is 63.7 Å². The summed E-state index contributed by atoms with van der Waals surface area (Å²) in [5.74, 6) is -0.151. The highest BCUT2D eigenvalue weighted by Crippen LogP contribution is 2.28. The Hall–Kier alpha value is -3.47. The Labute approximate surface area is 240 Å². The van der Waals surface area contributed by atoms with Gasteiger partial charge in [0.05, 0.1) is 9.88 Å². The molecule has 0 aliphatic carbocycles. The van der Waals surface area contributed by atoms with Gasteiger partial charge in [-0.2, -0.15) is 0 Å². The number of nitrogens with zero attached hydrogens (tertiary/aromatic N) is 4. The van der Waals surface area contributed by atoms with Crippen molar-refractivity contribution >= 4 is 45.8 Å². The Morgan fingerprint density at radius 1 is 0.675 bits per heavy atom. The Morgan fingerprint density at radius 2 is 1.15 bits per heavy atom. The highest BCUT2D eigenvalue weighted by atomic mass is 32.1. The lowest BCUT2D eigenvalue weighted by Crippen LogP contribution is -2.50. The molecule has 1 aromatic heterocycles. The maximum absolute atomic E-state index is 12.9. The molecular weight excluding hydrogens is 530 g/mol. The zero-order chi connectivity index (χ0) is 29.1. The van der Waals surface area contributed by atoms with Crippen molar-refractivity contribution in [2.24, 2.45) is 0 Å². The number of thiophene rings is 1. The molecule has 2 aliphatic rings. The van der Waals surface area contributed by atoms with Gasteiger partial charge in [-0.3, -0.25) is 4.79 Å². The van der Waals surface area contributed by atoms with Crippen molar-refractivity contribution < 1.29 is 23.9 Å². The molecule has 4 rings (SSSR count). The van der Waals surface area contributed by atoms with Crippen LogP contribution in [0.3, 0.4) is 0 Å². The Bertz CT molecular complexity index is 1180. The number of amides is 3. The van der Waals surface area contributed by atoms with E-state index in [-0.39, 0.29) is 18.1 Å². The minimum absolute atomic E-state index is 0.151. The van der Waals surface area contributed by atoms with Crippen LogP contribution in [-0.4, -0.2) is 91.5 Å². The first-order valence-electron chi connectivity index (χ1n) is 13.7. The first-order valence-corrected chi connectivity index (χ1v) is 14.6. The van der Waals surface area contributed by atoms with Gasteiger partial charge < -0.3 is 34.4 Å². The monoisotopic (exact) mass is 571 g/mol. The molecule has 0 radical (unpaired) electrons. The SMILES string of the molecule is CC(C)(C)OC(=O)N1CCN(c2ccc(NC(=O)c3ccc(N4CCN(C(=O)OC(C)(C)C)CC4)s3)cc2)CC1. The molecule has 1 aromatic carbocycles. The van der Waals surface area contributed by atoms with Crippen molar-refractivity contribution in [1.82, 2.24) is 9.80 Å². The van der Waals surface area contributed by atoms with Gasteiger partial charge in [0.25, 0.3) is 5.91 Å². The molecular formula is C29H41N5O5S. The van der Waals surface area contributed by atoms with Crippen LogP contribution in [0.5, 0.6) is 0 Å². The summed E-state index contributed by atoms with van der Waals surface area (Å²) in [7, 11) is 0. The number of hydrogen-bond donors (Lipinski definition) is 1. The topological polar surface area (TPSA) is 94.7 Å². The molecule has 1 N–H and O–H groups in total. The van der Waals surface area contributed by atoms with E-state index in [9.17, 15) is 14.4 Å². The number of benzene rings is 1. The van der Waals surface area contributed by atoms with Crippen LogP contribution in [0.15, 0.2) is 36.4 Å². The predicted molar refractivity (Wildman–Crippen MR) is 159 cm³/mol. The molecule has 218 valence electrons. The van der Waals surface area contributed by atoms with Crippen LogP contribution in [0, 0.1) is 0 Å². The minimum atomic E-state index is -0.511. The summed E-state index contributed by atoms with van der Waals surface area (Å²) in [5.41, 5.74) is 0.758. The number of anilines is 3. The van der Waals surface area contributed by atoms with Crippen LogP contribution in [0.25, 0.3) is 0 Å². The Balaban J connectivity index is 1.25. The second-order valence-corrected chi connectivity index (χ2v) is 13.1. The van der Waals surface area contributed by atoms with Crippen molar-refractivity contribution in [3.05, 3.63) is 41.3 Å². The molecule has 0 spiro atoms. The summed E-state index contributed by atoms with van der Waals surface area (Å²) in [6, 6.07) is 11.6. The van der Waals surface area contributed by atoms with E-state index in [2.05, 4.69) is 15.1 Å². The third-order valence-electron chi connectivity index (χ3n) is 6.48. The number of carbonyl (C=O) groups excluding carboxylic acids is 3. The lowest BCUT2D eigenvalue weighted by atomic mass is 10.2. The Kier molecular flexibility index (Phi) is 8.82. The van der Waals surface area contributed by atoms with Gasteiger partial charge in [-0.05, 0) is 77.9 Å². The standard InChI is InChI=1S/C29H41N5O5S/c1-28(2,3)38-26(36)33-17-13-31(14-18-33)22-9-7-21(8-10-22)30-25(35)23-11-12-24(40-23)32-15-19-34(20-16-32)27(37)39-29(4,5)6/h7-12H,13-20H2,1-6H3,(H,30,35). The highest BCUT2D eigenvalue weighted by Gasteiger charge is 2.28. The van der Waals surface area contributed by atoms with Crippen molar-refractivity contribution in [3.63, 3.8) is 0 Å². The molecule has 2 saturated heterocycles. The largest absolute Gasteiger partial charge is 0.444 e. The molecule has 0 atom stereocenters. The van der Waals surface area contributed by atoms with Crippen molar-refractivity contribution in [1.29, 1.82) is 0 Å². The summed E-state index contributed by atoms with van der Waals surface area (Å²) in [6.07, 6.45) is -0.558. The third-order valence-corrected chi connectivity index (χ3v) is 7.63. The van der Waals surface area contributed by atoms with Crippen LogP contribution >= 0.6 is 11.3 Å². The molecule has 0 saturated carbocycles. The average molecular weight is 572 g/mol. The van der Waals surface area contributed by atoms with Crippen LogP contribution < -0.4 is 15.1 Å². The number of nitrogens with one attached hydrogen (secondary N) is 1. The van der Waals surface area contributed by atoms with Gasteiger partial charge in [-0.25, -0.2) is 9.59 Å². The second kappa shape index (κ2) is 12.0. The first-order chi connectivity index (χ1) is 18.8. The van der Waals surface area contributed by atoms with E-state index in [1.807, 2.05) is 77.9 Å². The normalized spacial score (nSPS) is 16.6. The third kappa shape index (κ3) is 8.03. The second-order valence-electron chi connectivity index (χ2n) is 12.0. The fourth-order valence-corrected chi connectivity index (χ4v) is 5.43. The molecule has 10 nitrogen and oxygen atoms in total. The molecule has 11 heteroatoms. The predicted octanol–water partition coefficient (Wildman–Crippen LogP) is 5.11. The number of ether oxygens (including phenoxy) is 2. The van der Waals surface area contributed by atoms with Gasteiger partial charge in [0.2, 0.25) is 0 Å². The average Bonchev–Trinajstić information content (AvgIpc) is 3.38. The molecule has 3 amide bonds. The number of rotatable bonds is 4. The quantitative estimate of drug-likeness (QED) is 0.545. The van der Waals surface area contributed by atoms with Crippen molar-refractivity contribution in [2.45, 2.75) is 52.7 Å². The van der Waals surface area contributed by atoms with E-state index in [1.54, 1.807) is 9.80 Å². The van der Waals surface area contributed by atoms with Gasteiger partial charge in [-0.1, -0.05) is 0 Å². The van der Waals surface area contributed by atoms with Gasteiger partial charge in [0.1, 0.15) is 11.2 Å². The van der Waals surface area contributed by atoms with Gasteiger partial charge >= 0.3 is 12.2 Å². The molecule has 0 unspecified atom stereocenters. The molecule has 3 heterocycles. The summed E-state index contributed by atoms with van der Waals surface area (Å²) < 4.78 is 11.0. The molecule has 2 aromatic rings. The maximum Gasteiger partial charge on any atom is 0.410 e. The number of piperazine rings is 2. The summed E-state index contributed by atoms with van der Waals surface area (Å²) in [5, 5.41) is 4.00. The maximum atomic E-state index is 12.9. The van der Waals surface area contributed by atoms with E-state index in [0.29, 0.717) is 44.1 Å². The lowest BCUT2D eigenvalue weighted by molar-refractivity contribution is 0.0230. The van der Waals surface area contributed by atoms with Crippen LogP contribution in [0.4, 0.5) is 26.0 Å². The van der Waals surface area contributed by atoms with Crippen molar-refractivity contribution in [3.8, 4) is 0 Å². The fourth-order valence-electron chi connectivity index (χ4n) is 4.48. The molecule has 2 fully saturated rings.